The number of rotatable bonds is 6. The molecule has 1 fully saturated rings. The first-order valence-corrected chi connectivity index (χ1v) is 10.6. The molecule has 7 heteroatoms. The molecule has 3 rings (SSSR count). The summed E-state index contributed by atoms with van der Waals surface area (Å²) in [5.41, 5.74) is 2.62. The average molecular weight is 434 g/mol. The van der Waals surface area contributed by atoms with Crippen molar-refractivity contribution >= 4 is 41.7 Å². The van der Waals surface area contributed by atoms with Crippen LogP contribution in [-0.4, -0.2) is 48.6 Å². The maximum Gasteiger partial charge on any atom is 0.254 e. The number of halogens is 1. The lowest BCUT2D eigenvalue weighted by molar-refractivity contribution is -0.113. The molecule has 2 aromatic carbocycles. The van der Waals surface area contributed by atoms with Crippen LogP contribution >= 0.6 is 24.2 Å². The lowest BCUT2D eigenvalue weighted by Crippen LogP contribution is -2.44. The first-order valence-electron chi connectivity index (χ1n) is 9.61. The zero-order valence-electron chi connectivity index (χ0n) is 16.8. The monoisotopic (exact) mass is 433 g/mol. The summed E-state index contributed by atoms with van der Waals surface area (Å²) in [7, 11) is 1.97. The molecule has 5 nitrogen and oxygen atoms in total. The first kappa shape index (κ1) is 23.3. The van der Waals surface area contributed by atoms with Crippen LogP contribution in [0, 0.1) is 6.92 Å². The van der Waals surface area contributed by atoms with E-state index < -0.39 is 0 Å². The number of benzene rings is 2. The number of likely N-dealkylation sites (tertiary alicyclic amines) is 1. The van der Waals surface area contributed by atoms with Gasteiger partial charge in [0.1, 0.15) is 0 Å². The van der Waals surface area contributed by atoms with Gasteiger partial charge < -0.3 is 15.5 Å². The highest BCUT2D eigenvalue weighted by Gasteiger charge is 2.24. The number of hydrogen-bond acceptors (Lipinski definition) is 4. The SMILES string of the molecule is CNC1CCN(C(=O)c2ccccc2SCC(=O)Nc2ccc(C)cc2)CC1.Cl. The van der Waals surface area contributed by atoms with E-state index in [0.717, 1.165) is 42.1 Å². The highest BCUT2D eigenvalue weighted by atomic mass is 35.5. The maximum atomic E-state index is 13.0. The molecular formula is C22H28ClN3O2S. The van der Waals surface area contributed by atoms with E-state index in [1.165, 1.54) is 11.8 Å². The van der Waals surface area contributed by atoms with Crippen molar-refractivity contribution in [2.24, 2.45) is 0 Å². The molecule has 1 aliphatic rings. The Bertz CT molecular complexity index is 821. The van der Waals surface area contributed by atoms with Crippen molar-refractivity contribution in [2.75, 3.05) is 31.2 Å². The quantitative estimate of drug-likeness (QED) is 0.676. The molecule has 0 aromatic heterocycles. The lowest BCUT2D eigenvalue weighted by atomic mass is 10.0. The summed E-state index contributed by atoms with van der Waals surface area (Å²) in [6.45, 7) is 3.53. The molecule has 0 atom stereocenters. The third-order valence-corrected chi connectivity index (χ3v) is 6.08. The Balaban J connectivity index is 0.00000300. The summed E-state index contributed by atoms with van der Waals surface area (Å²) in [5, 5.41) is 6.18. The summed E-state index contributed by atoms with van der Waals surface area (Å²) in [4.78, 5) is 28.0. The third kappa shape index (κ3) is 6.49. The molecular weight excluding hydrogens is 406 g/mol. The molecule has 0 unspecified atom stereocenters. The number of piperidine rings is 1. The van der Waals surface area contributed by atoms with Crippen LogP contribution in [0.5, 0.6) is 0 Å². The topological polar surface area (TPSA) is 61.4 Å². The zero-order chi connectivity index (χ0) is 19.9. The van der Waals surface area contributed by atoms with Gasteiger partial charge in [0.25, 0.3) is 5.91 Å². The van der Waals surface area contributed by atoms with Crippen molar-refractivity contribution in [1.82, 2.24) is 10.2 Å². The molecule has 29 heavy (non-hydrogen) atoms. The minimum absolute atomic E-state index is 0. The number of nitrogens with one attached hydrogen (secondary N) is 2. The molecule has 1 heterocycles. The van der Waals surface area contributed by atoms with Gasteiger partial charge in [-0.3, -0.25) is 9.59 Å². The minimum atomic E-state index is -0.0778. The second-order valence-corrected chi connectivity index (χ2v) is 8.07. The molecule has 1 saturated heterocycles. The van der Waals surface area contributed by atoms with Gasteiger partial charge in [0.05, 0.1) is 11.3 Å². The number of thioether (sulfide) groups is 1. The molecule has 2 aromatic rings. The van der Waals surface area contributed by atoms with E-state index in [1.54, 1.807) is 0 Å². The van der Waals surface area contributed by atoms with E-state index in [4.69, 9.17) is 0 Å². The maximum absolute atomic E-state index is 13.0. The van der Waals surface area contributed by atoms with E-state index in [9.17, 15) is 9.59 Å². The normalized spacial score (nSPS) is 14.2. The van der Waals surface area contributed by atoms with Crippen molar-refractivity contribution < 1.29 is 9.59 Å². The number of carbonyl (C=O) groups is 2. The highest BCUT2D eigenvalue weighted by molar-refractivity contribution is 8.00. The van der Waals surface area contributed by atoms with Crippen LogP contribution in [0.1, 0.15) is 28.8 Å². The predicted octanol–water partition coefficient (Wildman–Crippen LogP) is 3.97. The second kappa shape index (κ2) is 11.2. The van der Waals surface area contributed by atoms with E-state index >= 15 is 0 Å². The van der Waals surface area contributed by atoms with E-state index in [0.29, 0.717) is 11.6 Å². The molecule has 2 N–H and O–H groups in total. The summed E-state index contributed by atoms with van der Waals surface area (Å²) in [6, 6.07) is 15.8. The minimum Gasteiger partial charge on any atom is -0.338 e. The fourth-order valence-electron chi connectivity index (χ4n) is 3.29. The lowest BCUT2D eigenvalue weighted by Gasteiger charge is -2.32. The van der Waals surface area contributed by atoms with Crippen molar-refractivity contribution in [3.05, 3.63) is 59.7 Å². The molecule has 0 radical (unpaired) electrons. The number of nitrogens with zero attached hydrogens (tertiary/aromatic N) is 1. The standard InChI is InChI=1S/C22H27N3O2S.ClH/c1-16-7-9-18(10-8-16)24-21(26)15-28-20-6-4-3-5-19(20)22(27)25-13-11-17(23-2)12-14-25;/h3-10,17,23H,11-15H2,1-2H3,(H,24,26);1H. The highest BCUT2D eigenvalue weighted by Crippen LogP contribution is 2.25. The van der Waals surface area contributed by atoms with Gasteiger partial charge in [0, 0.05) is 29.7 Å². The van der Waals surface area contributed by atoms with E-state index in [2.05, 4.69) is 10.6 Å². The largest absolute Gasteiger partial charge is 0.338 e. The molecule has 0 spiro atoms. The Hall–Kier alpha value is -2.02. The number of carbonyl (C=O) groups excluding carboxylic acids is 2. The van der Waals surface area contributed by atoms with Crippen LogP contribution in [0.4, 0.5) is 5.69 Å². The number of hydrogen-bond donors (Lipinski definition) is 2. The van der Waals surface area contributed by atoms with Gasteiger partial charge >= 0.3 is 0 Å². The van der Waals surface area contributed by atoms with Crippen LogP contribution in [0.25, 0.3) is 0 Å². The summed E-state index contributed by atoms with van der Waals surface area (Å²) in [5.74, 6) is 0.238. The number of anilines is 1. The molecule has 0 bridgehead atoms. The van der Waals surface area contributed by atoms with Gasteiger partial charge in [-0.1, -0.05) is 29.8 Å². The summed E-state index contributed by atoms with van der Waals surface area (Å²) < 4.78 is 0. The van der Waals surface area contributed by atoms with Crippen LogP contribution in [0.15, 0.2) is 53.4 Å². The first-order chi connectivity index (χ1) is 13.6. The van der Waals surface area contributed by atoms with Crippen molar-refractivity contribution in [3.8, 4) is 0 Å². The fourth-order valence-corrected chi connectivity index (χ4v) is 4.13. The number of amides is 2. The Morgan fingerprint density at radius 2 is 1.72 bits per heavy atom. The fraction of sp³-hybridized carbons (Fsp3) is 0.364. The Labute approximate surface area is 183 Å². The van der Waals surface area contributed by atoms with Crippen LogP contribution in [0.2, 0.25) is 0 Å². The number of aryl methyl sites for hydroxylation is 1. The third-order valence-electron chi connectivity index (χ3n) is 5.00. The smallest absolute Gasteiger partial charge is 0.254 e. The molecule has 1 aliphatic heterocycles. The molecule has 0 saturated carbocycles. The van der Waals surface area contributed by atoms with Gasteiger partial charge in [0.15, 0.2) is 0 Å². The van der Waals surface area contributed by atoms with Gasteiger partial charge in [-0.2, -0.15) is 0 Å². The molecule has 156 valence electrons. The van der Waals surface area contributed by atoms with E-state index in [-0.39, 0.29) is 30.0 Å². The van der Waals surface area contributed by atoms with Gasteiger partial charge in [0.2, 0.25) is 5.91 Å². The molecule has 0 aliphatic carbocycles. The van der Waals surface area contributed by atoms with Gasteiger partial charge in [-0.15, -0.1) is 24.2 Å². The van der Waals surface area contributed by atoms with Gasteiger partial charge in [-0.05, 0) is 51.1 Å². The van der Waals surface area contributed by atoms with Crippen LogP contribution in [0.3, 0.4) is 0 Å². The van der Waals surface area contributed by atoms with Gasteiger partial charge in [-0.25, -0.2) is 0 Å². The van der Waals surface area contributed by atoms with Crippen molar-refractivity contribution in [2.45, 2.75) is 30.7 Å². The predicted molar refractivity (Wildman–Crippen MR) is 122 cm³/mol. The van der Waals surface area contributed by atoms with Crippen LogP contribution < -0.4 is 10.6 Å². The summed E-state index contributed by atoms with van der Waals surface area (Å²) >= 11 is 1.40. The Morgan fingerprint density at radius 3 is 2.38 bits per heavy atom. The summed E-state index contributed by atoms with van der Waals surface area (Å²) in [6.07, 6.45) is 1.94. The van der Waals surface area contributed by atoms with Crippen molar-refractivity contribution in [3.63, 3.8) is 0 Å². The molecule has 2 amide bonds. The Kier molecular flexibility index (Phi) is 9.01. The zero-order valence-corrected chi connectivity index (χ0v) is 18.4. The second-order valence-electron chi connectivity index (χ2n) is 7.05. The average Bonchev–Trinajstić information content (AvgIpc) is 2.73. The van der Waals surface area contributed by atoms with Crippen molar-refractivity contribution in [1.29, 1.82) is 0 Å². The Morgan fingerprint density at radius 1 is 1.07 bits per heavy atom. The van der Waals surface area contributed by atoms with E-state index in [1.807, 2.05) is 67.4 Å². The van der Waals surface area contributed by atoms with Crippen LogP contribution in [-0.2, 0) is 4.79 Å².